The second kappa shape index (κ2) is 7.60. The SMILES string of the molecule is CC(C)(C)c1ccc(C[C@]2(O)CCC3C4CCc5cc(O)c(C#N)cc5C4CC[C@@]32C)cc1. The van der Waals surface area contributed by atoms with Crippen molar-refractivity contribution < 1.29 is 10.2 Å². The molecule has 3 aliphatic carbocycles. The van der Waals surface area contributed by atoms with E-state index >= 15 is 0 Å². The molecule has 174 valence electrons. The van der Waals surface area contributed by atoms with Crippen molar-refractivity contribution in [1.82, 2.24) is 0 Å². The van der Waals surface area contributed by atoms with Crippen molar-refractivity contribution in [3.63, 3.8) is 0 Å². The van der Waals surface area contributed by atoms with Gasteiger partial charge in [-0.25, -0.2) is 0 Å². The number of aromatic hydroxyl groups is 1. The molecule has 3 unspecified atom stereocenters. The lowest BCUT2D eigenvalue weighted by atomic mass is 9.52. The number of rotatable bonds is 2. The molecular formula is C30H37NO2. The third kappa shape index (κ3) is 3.50. The van der Waals surface area contributed by atoms with Crippen LogP contribution in [0.3, 0.4) is 0 Å². The number of nitrogens with zero attached hydrogens (tertiary/aromatic N) is 1. The molecule has 33 heavy (non-hydrogen) atoms. The van der Waals surface area contributed by atoms with Gasteiger partial charge in [0.1, 0.15) is 11.8 Å². The Balaban J connectivity index is 1.41. The molecule has 0 amide bonds. The Kier molecular flexibility index (Phi) is 5.18. The Morgan fingerprint density at radius 2 is 1.79 bits per heavy atom. The second-order valence-electron chi connectivity index (χ2n) is 12.2. The number of phenols is 1. The summed E-state index contributed by atoms with van der Waals surface area (Å²) < 4.78 is 0. The van der Waals surface area contributed by atoms with E-state index in [-0.39, 0.29) is 16.6 Å². The van der Waals surface area contributed by atoms with Gasteiger partial charge >= 0.3 is 0 Å². The van der Waals surface area contributed by atoms with Crippen LogP contribution < -0.4 is 0 Å². The number of nitriles is 1. The van der Waals surface area contributed by atoms with Crippen LogP contribution in [0.2, 0.25) is 0 Å². The summed E-state index contributed by atoms with van der Waals surface area (Å²) in [6.45, 7) is 9.05. The van der Waals surface area contributed by atoms with Crippen LogP contribution in [0.1, 0.15) is 93.5 Å². The molecule has 5 atom stereocenters. The first-order valence-corrected chi connectivity index (χ1v) is 12.6. The van der Waals surface area contributed by atoms with Crippen molar-refractivity contribution in [3.8, 4) is 11.8 Å². The van der Waals surface area contributed by atoms with Crippen LogP contribution in [0, 0.1) is 28.6 Å². The van der Waals surface area contributed by atoms with Crippen LogP contribution in [0.5, 0.6) is 5.75 Å². The average Bonchev–Trinajstić information content (AvgIpc) is 3.03. The van der Waals surface area contributed by atoms with Crippen LogP contribution in [0.4, 0.5) is 0 Å². The summed E-state index contributed by atoms with van der Waals surface area (Å²) in [6, 6.07) is 14.8. The predicted molar refractivity (Wildman–Crippen MR) is 131 cm³/mol. The summed E-state index contributed by atoms with van der Waals surface area (Å²) in [5, 5.41) is 31.7. The fourth-order valence-electron chi connectivity index (χ4n) is 7.56. The fraction of sp³-hybridized carbons (Fsp3) is 0.567. The highest BCUT2D eigenvalue weighted by molar-refractivity contribution is 5.50. The van der Waals surface area contributed by atoms with Gasteiger partial charge in [0.15, 0.2) is 0 Å². The van der Waals surface area contributed by atoms with E-state index in [1.165, 1.54) is 22.3 Å². The monoisotopic (exact) mass is 443 g/mol. The zero-order valence-corrected chi connectivity index (χ0v) is 20.5. The van der Waals surface area contributed by atoms with Gasteiger partial charge in [0.05, 0.1) is 11.2 Å². The highest BCUT2D eigenvalue weighted by atomic mass is 16.3. The van der Waals surface area contributed by atoms with Gasteiger partial charge in [-0.05, 0) is 101 Å². The van der Waals surface area contributed by atoms with Crippen LogP contribution in [0.25, 0.3) is 0 Å². The van der Waals surface area contributed by atoms with E-state index in [0.29, 0.717) is 23.3 Å². The Morgan fingerprint density at radius 1 is 1.06 bits per heavy atom. The van der Waals surface area contributed by atoms with Gasteiger partial charge in [-0.2, -0.15) is 5.26 Å². The standard InChI is InChI=1S/C30H37NO2/c1-28(2,3)22-8-5-19(6-9-22)17-30(33)14-12-26-24-10-7-20-16-27(32)21(18-31)15-25(20)23(24)11-13-29(26,30)4/h5-6,8-9,15-16,23-24,26,32-33H,7,10-14,17H2,1-4H3/t23?,24?,26?,29-,30+/m0/s1. The highest BCUT2D eigenvalue weighted by Crippen LogP contribution is 2.65. The number of fused-ring (bicyclic) bond motifs is 5. The molecule has 0 aliphatic heterocycles. The van der Waals surface area contributed by atoms with Crippen LogP contribution in [-0.2, 0) is 18.3 Å². The Labute approximate surface area is 198 Å². The lowest BCUT2D eigenvalue weighted by Gasteiger charge is -2.53. The van der Waals surface area contributed by atoms with Crippen molar-refractivity contribution in [3.05, 3.63) is 64.2 Å². The van der Waals surface area contributed by atoms with Crippen molar-refractivity contribution >= 4 is 0 Å². The molecule has 2 N–H and O–H groups in total. The molecule has 5 rings (SSSR count). The van der Waals surface area contributed by atoms with Crippen LogP contribution in [0.15, 0.2) is 36.4 Å². The number of hydrogen-bond acceptors (Lipinski definition) is 3. The second-order valence-corrected chi connectivity index (χ2v) is 12.2. The summed E-state index contributed by atoms with van der Waals surface area (Å²) in [5.74, 6) is 1.60. The number of hydrogen-bond donors (Lipinski definition) is 2. The maximum absolute atomic E-state index is 12.1. The molecule has 3 nitrogen and oxygen atoms in total. The molecule has 0 bridgehead atoms. The molecule has 0 radical (unpaired) electrons. The zero-order chi connectivity index (χ0) is 23.6. The minimum atomic E-state index is -0.668. The third-order valence-corrected chi connectivity index (χ3v) is 9.60. The van der Waals surface area contributed by atoms with Crippen LogP contribution in [-0.4, -0.2) is 15.8 Å². The first-order chi connectivity index (χ1) is 15.6. The molecule has 3 heteroatoms. The van der Waals surface area contributed by atoms with E-state index in [2.05, 4.69) is 58.0 Å². The molecule has 0 heterocycles. The summed E-state index contributed by atoms with van der Waals surface area (Å²) in [5.41, 5.74) is 4.83. The van der Waals surface area contributed by atoms with Gasteiger partial charge < -0.3 is 10.2 Å². The molecule has 3 aliphatic rings. The minimum absolute atomic E-state index is 0.0800. The Morgan fingerprint density at radius 3 is 2.45 bits per heavy atom. The topological polar surface area (TPSA) is 64.2 Å². The van der Waals surface area contributed by atoms with Gasteiger partial charge in [-0.15, -0.1) is 0 Å². The summed E-state index contributed by atoms with van der Waals surface area (Å²) in [7, 11) is 0. The third-order valence-electron chi connectivity index (χ3n) is 9.60. The Hall–Kier alpha value is -2.31. The van der Waals surface area contributed by atoms with Crippen LogP contribution >= 0.6 is 0 Å². The number of benzene rings is 2. The predicted octanol–water partition coefficient (Wildman–Crippen LogP) is 6.39. The first-order valence-electron chi connectivity index (χ1n) is 12.6. The summed E-state index contributed by atoms with van der Waals surface area (Å²) >= 11 is 0. The van der Waals surface area contributed by atoms with Gasteiger partial charge in [0.2, 0.25) is 0 Å². The molecule has 2 saturated carbocycles. The summed E-state index contributed by atoms with van der Waals surface area (Å²) in [6.07, 6.45) is 6.79. The van der Waals surface area contributed by atoms with E-state index in [0.717, 1.165) is 44.9 Å². The van der Waals surface area contributed by atoms with Crippen molar-refractivity contribution in [1.29, 1.82) is 5.26 Å². The molecular weight excluding hydrogens is 406 g/mol. The maximum atomic E-state index is 12.1. The van der Waals surface area contributed by atoms with E-state index in [4.69, 9.17) is 0 Å². The molecule has 2 aromatic carbocycles. The average molecular weight is 444 g/mol. The first kappa shape index (κ1) is 22.5. The quantitative estimate of drug-likeness (QED) is 0.565. The molecule has 2 aromatic rings. The lowest BCUT2D eigenvalue weighted by molar-refractivity contribution is -0.102. The molecule has 0 aromatic heterocycles. The van der Waals surface area contributed by atoms with E-state index < -0.39 is 5.60 Å². The van der Waals surface area contributed by atoms with E-state index in [1.54, 1.807) is 0 Å². The van der Waals surface area contributed by atoms with Crippen molar-refractivity contribution in [2.24, 2.45) is 17.3 Å². The number of aryl methyl sites for hydroxylation is 1. The van der Waals surface area contributed by atoms with E-state index in [9.17, 15) is 15.5 Å². The number of phenolic OH excluding ortho intramolecular Hbond substituents is 1. The highest BCUT2D eigenvalue weighted by Gasteiger charge is 2.61. The zero-order valence-electron chi connectivity index (χ0n) is 20.5. The van der Waals surface area contributed by atoms with Gasteiger partial charge in [0, 0.05) is 6.42 Å². The van der Waals surface area contributed by atoms with E-state index in [1.807, 2.05) is 12.1 Å². The van der Waals surface area contributed by atoms with Crippen molar-refractivity contribution in [2.45, 2.75) is 89.6 Å². The normalized spacial score (nSPS) is 33.0. The largest absolute Gasteiger partial charge is 0.507 e. The maximum Gasteiger partial charge on any atom is 0.133 e. The van der Waals surface area contributed by atoms with Gasteiger partial charge in [-0.3, -0.25) is 0 Å². The Bertz CT molecular complexity index is 1110. The lowest BCUT2D eigenvalue weighted by Crippen LogP contribution is -2.51. The number of aliphatic hydroxyl groups is 1. The minimum Gasteiger partial charge on any atom is -0.507 e. The molecule has 2 fully saturated rings. The van der Waals surface area contributed by atoms with Gasteiger partial charge in [0.25, 0.3) is 0 Å². The summed E-state index contributed by atoms with van der Waals surface area (Å²) in [4.78, 5) is 0. The van der Waals surface area contributed by atoms with Crippen molar-refractivity contribution in [2.75, 3.05) is 0 Å². The fourth-order valence-corrected chi connectivity index (χ4v) is 7.56. The van der Waals surface area contributed by atoms with Gasteiger partial charge in [-0.1, -0.05) is 52.0 Å². The molecule has 0 spiro atoms. The smallest absolute Gasteiger partial charge is 0.133 e. The molecule has 0 saturated heterocycles.